The normalized spacial score (nSPS) is 11.9. The van der Waals surface area contributed by atoms with E-state index in [1.165, 1.54) is 0 Å². The van der Waals surface area contributed by atoms with E-state index in [0.29, 0.717) is 6.54 Å². The monoisotopic (exact) mass is 361 g/mol. The molecule has 0 radical (unpaired) electrons. The lowest BCUT2D eigenvalue weighted by Gasteiger charge is -2.40. The van der Waals surface area contributed by atoms with Crippen LogP contribution < -0.4 is 0 Å². The Labute approximate surface area is 153 Å². The van der Waals surface area contributed by atoms with Crippen LogP contribution in [0.2, 0.25) is 0 Å². The fraction of sp³-hybridized carbons (Fsp3) is 0.400. The summed E-state index contributed by atoms with van der Waals surface area (Å²) in [7, 11) is 0. The van der Waals surface area contributed by atoms with Gasteiger partial charge in [0.1, 0.15) is 5.75 Å². The van der Waals surface area contributed by atoms with Crippen molar-refractivity contribution >= 4 is 0 Å². The molecule has 0 atom stereocenters. The van der Waals surface area contributed by atoms with Crippen LogP contribution in [0.4, 0.5) is 0 Å². The summed E-state index contributed by atoms with van der Waals surface area (Å²) in [6.07, 6.45) is 0. The number of benzene rings is 2. The van der Waals surface area contributed by atoms with Gasteiger partial charge in [0.05, 0.1) is 32.0 Å². The van der Waals surface area contributed by atoms with E-state index in [0.717, 1.165) is 22.3 Å². The van der Waals surface area contributed by atoms with E-state index >= 15 is 0 Å². The van der Waals surface area contributed by atoms with E-state index in [2.05, 4.69) is 0 Å². The summed E-state index contributed by atoms with van der Waals surface area (Å²) in [5.41, 5.74) is 2.44. The summed E-state index contributed by atoms with van der Waals surface area (Å²) >= 11 is 0. The molecule has 2 rings (SSSR count). The predicted molar refractivity (Wildman–Crippen MR) is 99.8 cm³/mol. The van der Waals surface area contributed by atoms with Crippen molar-refractivity contribution in [2.75, 3.05) is 33.0 Å². The van der Waals surface area contributed by atoms with Gasteiger partial charge in [-0.15, -0.1) is 0 Å². The molecular formula is C20H27NO5. The van der Waals surface area contributed by atoms with Gasteiger partial charge in [0.2, 0.25) is 0 Å². The van der Waals surface area contributed by atoms with Crippen molar-refractivity contribution in [3.8, 4) is 16.9 Å². The quantitative estimate of drug-likeness (QED) is 0.454. The van der Waals surface area contributed by atoms with Crippen molar-refractivity contribution in [3.63, 3.8) is 0 Å². The second-order valence-corrected chi connectivity index (χ2v) is 6.55. The van der Waals surface area contributed by atoms with E-state index < -0.39 is 25.4 Å². The zero-order chi connectivity index (χ0) is 19.2. The number of phenols is 1. The van der Waals surface area contributed by atoms with Gasteiger partial charge in [-0.25, -0.2) is 0 Å². The number of β-amino-alcohol motifs (C(OH)–C–C–N with tert-alkyl or cyclic N) is 1. The number of hydrogen-bond donors (Lipinski definition) is 5. The van der Waals surface area contributed by atoms with Gasteiger partial charge in [-0.3, -0.25) is 4.90 Å². The van der Waals surface area contributed by atoms with Crippen molar-refractivity contribution in [1.29, 1.82) is 0 Å². The van der Waals surface area contributed by atoms with Crippen LogP contribution in [0.15, 0.2) is 42.5 Å². The van der Waals surface area contributed by atoms with Gasteiger partial charge in [0.25, 0.3) is 0 Å². The molecule has 26 heavy (non-hydrogen) atoms. The summed E-state index contributed by atoms with van der Waals surface area (Å²) in [4.78, 5) is 1.69. The van der Waals surface area contributed by atoms with Crippen molar-refractivity contribution in [2.45, 2.75) is 19.0 Å². The lowest BCUT2D eigenvalue weighted by molar-refractivity contribution is -0.0573. The first-order valence-corrected chi connectivity index (χ1v) is 8.57. The maximum atomic E-state index is 9.69. The van der Waals surface area contributed by atoms with E-state index in [1.54, 1.807) is 11.0 Å². The van der Waals surface area contributed by atoms with Crippen LogP contribution in [0.25, 0.3) is 11.1 Å². The Kier molecular flexibility index (Phi) is 7.14. The summed E-state index contributed by atoms with van der Waals surface area (Å²) in [5, 5.41) is 48.1. The van der Waals surface area contributed by atoms with Gasteiger partial charge in [-0.05, 0) is 47.4 Å². The van der Waals surface area contributed by atoms with Crippen molar-refractivity contribution in [1.82, 2.24) is 4.90 Å². The Bertz CT molecular complexity index is 707. The zero-order valence-corrected chi connectivity index (χ0v) is 15.0. The standard InChI is InChI=1S/C20H27NO5/c1-15-9-18(5-6-19(15)26)17-4-2-3-16(10-17)11-21(7-8-22)20(12-23,13-24)14-25/h2-6,9-10,22-26H,7-8,11-14H2,1H3. The number of phenolic OH excluding ortho intramolecular Hbond substituents is 1. The topological polar surface area (TPSA) is 104 Å². The molecule has 0 heterocycles. The Morgan fingerprint density at radius 1 is 0.885 bits per heavy atom. The average molecular weight is 361 g/mol. The summed E-state index contributed by atoms with van der Waals surface area (Å²) < 4.78 is 0. The number of nitrogens with zero attached hydrogens (tertiary/aromatic N) is 1. The van der Waals surface area contributed by atoms with E-state index in [-0.39, 0.29) is 18.9 Å². The van der Waals surface area contributed by atoms with Gasteiger partial charge in [-0.2, -0.15) is 0 Å². The molecule has 0 bridgehead atoms. The van der Waals surface area contributed by atoms with Gasteiger partial charge >= 0.3 is 0 Å². The molecule has 0 saturated carbocycles. The van der Waals surface area contributed by atoms with Gasteiger partial charge in [-0.1, -0.05) is 24.3 Å². The minimum Gasteiger partial charge on any atom is -0.508 e. The molecule has 0 aliphatic carbocycles. The average Bonchev–Trinajstić information content (AvgIpc) is 2.66. The maximum Gasteiger partial charge on any atom is 0.118 e. The van der Waals surface area contributed by atoms with Crippen LogP contribution in [0, 0.1) is 6.92 Å². The molecule has 0 saturated heterocycles. The van der Waals surface area contributed by atoms with E-state index in [4.69, 9.17) is 0 Å². The highest BCUT2D eigenvalue weighted by Crippen LogP contribution is 2.27. The Morgan fingerprint density at radius 3 is 2.12 bits per heavy atom. The number of aliphatic hydroxyl groups is 4. The number of hydrogen-bond acceptors (Lipinski definition) is 6. The summed E-state index contributed by atoms with van der Waals surface area (Å²) in [5.74, 6) is 0.248. The predicted octanol–water partition coefficient (Wildman–Crippen LogP) is 0.878. The highest BCUT2D eigenvalue weighted by Gasteiger charge is 2.35. The first-order valence-electron chi connectivity index (χ1n) is 8.57. The number of aromatic hydroxyl groups is 1. The molecule has 0 aliphatic heterocycles. The Balaban J connectivity index is 2.31. The molecular weight excluding hydrogens is 334 g/mol. The molecule has 0 aromatic heterocycles. The van der Waals surface area contributed by atoms with Crippen LogP contribution in [-0.2, 0) is 6.54 Å². The summed E-state index contributed by atoms with van der Waals surface area (Å²) in [6, 6.07) is 13.2. The molecule has 0 unspecified atom stereocenters. The molecule has 0 spiro atoms. The van der Waals surface area contributed by atoms with Crippen LogP contribution >= 0.6 is 0 Å². The first kappa shape index (κ1) is 20.4. The molecule has 2 aromatic carbocycles. The van der Waals surface area contributed by atoms with Gasteiger partial charge in [0, 0.05) is 13.1 Å². The minimum atomic E-state index is -1.20. The third-order valence-electron chi connectivity index (χ3n) is 4.75. The lowest BCUT2D eigenvalue weighted by Crippen LogP contribution is -2.57. The Hall–Kier alpha value is -1.96. The number of aryl methyl sites for hydroxylation is 1. The lowest BCUT2D eigenvalue weighted by atomic mass is 9.97. The van der Waals surface area contributed by atoms with Gasteiger partial charge in [0.15, 0.2) is 0 Å². The molecule has 6 nitrogen and oxygen atoms in total. The first-order chi connectivity index (χ1) is 12.5. The fourth-order valence-corrected chi connectivity index (χ4v) is 2.96. The molecule has 0 fully saturated rings. The van der Waals surface area contributed by atoms with Crippen molar-refractivity contribution < 1.29 is 25.5 Å². The van der Waals surface area contributed by atoms with E-state index in [9.17, 15) is 25.5 Å². The largest absolute Gasteiger partial charge is 0.508 e. The highest BCUT2D eigenvalue weighted by molar-refractivity contribution is 5.66. The fourth-order valence-electron chi connectivity index (χ4n) is 2.96. The smallest absolute Gasteiger partial charge is 0.118 e. The zero-order valence-electron chi connectivity index (χ0n) is 15.0. The SMILES string of the molecule is Cc1cc(-c2cccc(CN(CCO)C(CO)(CO)CO)c2)ccc1O. The second kappa shape index (κ2) is 9.12. The molecule has 5 N–H and O–H groups in total. The van der Waals surface area contributed by atoms with Crippen LogP contribution in [-0.4, -0.2) is 68.9 Å². The van der Waals surface area contributed by atoms with Crippen LogP contribution in [0.3, 0.4) is 0 Å². The van der Waals surface area contributed by atoms with Crippen LogP contribution in [0.1, 0.15) is 11.1 Å². The minimum absolute atomic E-state index is 0.154. The van der Waals surface area contributed by atoms with Crippen molar-refractivity contribution in [2.24, 2.45) is 0 Å². The second-order valence-electron chi connectivity index (χ2n) is 6.55. The third kappa shape index (κ3) is 4.41. The molecule has 0 aliphatic rings. The van der Waals surface area contributed by atoms with E-state index in [1.807, 2.05) is 43.3 Å². The van der Waals surface area contributed by atoms with Crippen LogP contribution in [0.5, 0.6) is 5.75 Å². The number of aliphatic hydroxyl groups excluding tert-OH is 4. The maximum absolute atomic E-state index is 9.69. The van der Waals surface area contributed by atoms with Gasteiger partial charge < -0.3 is 25.5 Å². The highest BCUT2D eigenvalue weighted by atomic mass is 16.3. The molecule has 142 valence electrons. The third-order valence-corrected chi connectivity index (χ3v) is 4.75. The molecule has 0 amide bonds. The summed E-state index contributed by atoms with van der Waals surface area (Å²) in [6.45, 7) is 0.990. The Morgan fingerprint density at radius 2 is 1.54 bits per heavy atom. The molecule has 2 aromatic rings. The van der Waals surface area contributed by atoms with Crippen molar-refractivity contribution in [3.05, 3.63) is 53.6 Å². The molecule has 6 heteroatoms. The number of rotatable bonds is 9.